The molecule has 2 saturated heterocycles. The van der Waals surface area contributed by atoms with Crippen molar-refractivity contribution >= 4 is 11.8 Å². The third-order valence-electron chi connectivity index (χ3n) is 5.20. The van der Waals surface area contributed by atoms with Crippen molar-refractivity contribution in [2.75, 3.05) is 31.2 Å². The average Bonchev–Trinajstić information content (AvgIpc) is 2.40. The summed E-state index contributed by atoms with van der Waals surface area (Å²) in [6, 6.07) is 0. The Morgan fingerprint density at radius 2 is 2.05 bits per heavy atom. The van der Waals surface area contributed by atoms with Crippen molar-refractivity contribution in [3.05, 3.63) is 0 Å². The fraction of sp³-hybridized carbons (Fsp3) is 1.00. The molecule has 19 heavy (non-hydrogen) atoms. The normalized spacial score (nSPS) is 27.6. The summed E-state index contributed by atoms with van der Waals surface area (Å²) in [5, 5.41) is 3.48. The smallest absolute Gasteiger partial charge is 0.0701 e. The van der Waals surface area contributed by atoms with Crippen molar-refractivity contribution in [1.29, 1.82) is 0 Å². The van der Waals surface area contributed by atoms with E-state index in [-0.39, 0.29) is 5.60 Å². The zero-order chi connectivity index (χ0) is 13.8. The van der Waals surface area contributed by atoms with E-state index >= 15 is 0 Å². The van der Waals surface area contributed by atoms with Gasteiger partial charge in [-0.15, -0.1) is 0 Å². The maximum absolute atomic E-state index is 6.23. The van der Waals surface area contributed by atoms with Gasteiger partial charge in [-0.1, -0.05) is 20.8 Å². The fourth-order valence-electron chi connectivity index (χ4n) is 3.58. The SMILES string of the molecule is CCNCCC(C)(C)C1CCOC2(CCSCC2)C1. The number of thioether (sulfide) groups is 1. The van der Waals surface area contributed by atoms with Crippen molar-refractivity contribution in [2.45, 2.75) is 58.5 Å². The molecule has 2 aliphatic heterocycles. The predicted octanol–water partition coefficient (Wildman–Crippen LogP) is 3.70. The van der Waals surface area contributed by atoms with Crippen molar-refractivity contribution < 1.29 is 4.74 Å². The number of hydrogen-bond donors (Lipinski definition) is 1. The molecule has 0 bridgehead atoms. The molecule has 0 aromatic heterocycles. The van der Waals surface area contributed by atoms with Crippen LogP contribution in [0.3, 0.4) is 0 Å². The molecule has 2 nitrogen and oxygen atoms in total. The van der Waals surface area contributed by atoms with Crippen LogP contribution < -0.4 is 5.32 Å². The van der Waals surface area contributed by atoms with Gasteiger partial charge in [-0.25, -0.2) is 0 Å². The Morgan fingerprint density at radius 1 is 1.32 bits per heavy atom. The van der Waals surface area contributed by atoms with E-state index < -0.39 is 0 Å². The van der Waals surface area contributed by atoms with Crippen LogP contribution in [0.1, 0.15) is 52.9 Å². The van der Waals surface area contributed by atoms with Crippen molar-refractivity contribution in [2.24, 2.45) is 11.3 Å². The lowest BCUT2D eigenvalue weighted by Gasteiger charge is -2.48. The molecule has 0 aromatic carbocycles. The molecule has 1 N–H and O–H groups in total. The van der Waals surface area contributed by atoms with Gasteiger partial charge in [-0.3, -0.25) is 0 Å². The zero-order valence-electron chi connectivity index (χ0n) is 13.0. The summed E-state index contributed by atoms with van der Waals surface area (Å²) in [5.74, 6) is 3.43. The molecule has 2 aliphatic rings. The van der Waals surface area contributed by atoms with E-state index in [9.17, 15) is 0 Å². The summed E-state index contributed by atoms with van der Waals surface area (Å²) in [5.41, 5.74) is 0.688. The molecule has 0 saturated carbocycles. The van der Waals surface area contributed by atoms with E-state index in [4.69, 9.17) is 4.74 Å². The summed E-state index contributed by atoms with van der Waals surface area (Å²) in [6.07, 6.45) is 6.39. The molecule has 0 aromatic rings. The standard InChI is InChI=1S/C16H31NOS/c1-4-17-9-6-15(2,3)14-5-10-18-16(13-14)7-11-19-12-8-16/h14,17H,4-13H2,1-3H3. The molecule has 3 heteroatoms. The Bertz CT molecular complexity index is 268. The molecule has 2 heterocycles. The Kier molecular flexibility index (Phi) is 5.62. The molecule has 2 fully saturated rings. The van der Waals surface area contributed by atoms with Crippen LogP contribution in [0.2, 0.25) is 0 Å². The minimum absolute atomic E-state index is 0.240. The van der Waals surface area contributed by atoms with Crippen LogP contribution in [0.25, 0.3) is 0 Å². The third-order valence-corrected chi connectivity index (χ3v) is 6.18. The molecule has 2 rings (SSSR count). The van der Waals surface area contributed by atoms with Crippen LogP contribution in [-0.2, 0) is 4.74 Å². The lowest BCUT2D eigenvalue weighted by Crippen LogP contribution is -2.46. The molecule has 0 amide bonds. The molecule has 1 unspecified atom stereocenters. The Hall–Kier alpha value is 0.270. The first-order chi connectivity index (χ1) is 9.08. The molecule has 112 valence electrons. The van der Waals surface area contributed by atoms with Gasteiger partial charge in [0, 0.05) is 6.61 Å². The molecule has 0 radical (unpaired) electrons. The highest BCUT2D eigenvalue weighted by Gasteiger charge is 2.43. The van der Waals surface area contributed by atoms with Gasteiger partial charge >= 0.3 is 0 Å². The molecule has 1 spiro atoms. The maximum Gasteiger partial charge on any atom is 0.0701 e. The van der Waals surface area contributed by atoms with Crippen molar-refractivity contribution in [3.63, 3.8) is 0 Å². The monoisotopic (exact) mass is 285 g/mol. The van der Waals surface area contributed by atoms with Crippen LogP contribution in [0, 0.1) is 11.3 Å². The van der Waals surface area contributed by atoms with Crippen molar-refractivity contribution in [1.82, 2.24) is 5.32 Å². The predicted molar refractivity (Wildman–Crippen MR) is 84.9 cm³/mol. The topological polar surface area (TPSA) is 21.3 Å². The van der Waals surface area contributed by atoms with Gasteiger partial charge in [0.25, 0.3) is 0 Å². The second-order valence-electron chi connectivity index (χ2n) is 6.93. The van der Waals surface area contributed by atoms with E-state index in [1.54, 1.807) is 0 Å². The second kappa shape index (κ2) is 6.82. The van der Waals surface area contributed by atoms with Crippen LogP contribution in [0.15, 0.2) is 0 Å². The summed E-state index contributed by atoms with van der Waals surface area (Å²) < 4.78 is 6.23. The Labute approximate surface area is 123 Å². The molecule has 0 aliphatic carbocycles. The highest BCUT2D eigenvalue weighted by molar-refractivity contribution is 7.99. The third kappa shape index (κ3) is 4.12. The largest absolute Gasteiger partial charge is 0.375 e. The highest BCUT2D eigenvalue weighted by atomic mass is 32.2. The van der Waals surface area contributed by atoms with Gasteiger partial charge in [-0.2, -0.15) is 11.8 Å². The van der Waals surface area contributed by atoms with Gasteiger partial charge in [0.1, 0.15) is 0 Å². The van der Waals surface area contributed by atoms with E-state index in [1.807, 2.05) is 0 Å². The number of ether oxygens (including phenoxy) is 1. The van der Waals surface area contributed by atoms with Gasteiger partial charge in [0.15, 0.2) is 0 Å². The van der Waals surface area contributed by atoms with Gasteiger partial charge in [0.2, 0.25) is 0 Å². The van der Waals surface area contributed by atoms with Gasteiger partial charge < -0.3 is 10.1 Å². The van der Waals surface area contributed by atoms with Crippen LogP contribution in [-0.4, -0.2) is 36.8 Å². The Morgan fingerprint density at radius 3 is 2.74 bits per heavy atom. The fourth-order valence-corrected chi connectivity index (χ4v) is 4.81. The molecule has 1 atom stereocenters. The molecular formula is C16H31NOS. The number of rotatable bonds is 5. The van der Waals surface area contributed by atoms with E-state index in [2.05, 4.69) is 37.8 Å². The summed E-state index contributed by atoms with van der Waals surface area (Å²) in [7, 11) is 0. The number of nitrogens with one attached hydrogen (secondary N) is 1. The average molecular weight is 285 g/mol. The lowest BCUT2D eigenvalue weighted by atomic mass is 9.67. The first-order valence-electron chi connectivity index (χ1n) is 8.00. The second-order valence-corrected chi connectivity index (χ2v) is 8.15. The Balaban J connectivity index is 1.91. The minimum atomic E-state index is 0.240. The number of hydrogen-bond acceptors (Lipinski definition) is 3. The quantitative estimate of drug-likeness (QED) is 0.778. The summed E-state index contributed by atoms with van der Waals surface area (Å²) >= 11 is 2.10. The first kappa shape index (κ1) is 15.7. The summed E-state index contributed by atoms with van der Waals surface area (Å²) in [6.45, 7) is 10.3. The van der Waals surface area contributed by atoms with Crippen molar-refractivity contribution in [3.8, 4) is 0 Å². The van der Waals surface area contributed by atoms with Gasteiger partial charge in [0.05, 0.1) is 5.60 Å². The van der Waals surface area contributed by atoms with Crippen LogP contribution >= 0.6 is 11.8 Å². The van der Waals surface area contributed by atoms with E-state index in [0.29, 0.717) is 5.41 Å². The maximum atomic E-state index is 6.23. The first-order valence-corrected chi connectivity index (χ1v) is 9.16. The highest BCUT2D eigenvalue weighted by Crippen LogP contribution is 2.46. The van der Waals surface area contributed by atoms with E-state index in [1.165, 1.54) is 43.6 Å². The molecular weight excluding hydrogens is 254 g/mol. The van der Waals surface area contributed by atoms with Crippen LogP contribution in [0.4, 0.5) is 0 Å². The summed E-state index contributed by atoms with van der Waals surface area (Å²) in [4.78, 5) is 0. The zero-order valence-corrected chi connectivity index (χ0v) is 13.8. The van der Waals surface area contributed by atoms with Gasteiger partial charge in [-0.05, 0) is 68.0 Å². The lowest BCUT2D eigenvalue weighted by molar-refractivity contribution is -0.121. The van der Waals surface area contributed by atoms with Crippen LogP contribution in [0.5, 0.6) is 0 Å². The minimum Gasteiger partial charge on any atom is -0.375 e. The van der Waals surface area contributed by atoms with E-state index in [0.717, 1.165) is 25.6 Å².